The molecule has 1 aliphatic rings. The first-order chi connectivity index (χ1) is 7.81. The molecule has 1 saturated carbocycles. The van der Waals surface area contributed by atoms with Crippen molar-refractivity contribution >= 4 is 22.0 Å². The molecule has 0 radical (unpaired) electrons. The maximum Gasteiger partial charge on any atom is 0.140 e. The van der Waals surface area contributed by atoms with Crippen LogP contribution in [0.3, 0.4) is 0 Å². The zero-order chi connectivity index (χ0) is 11.4. The van der Waals surface area contributed by atoms with Gasteiger partial charge in [0.15, 0.2) is 0 Å². The summed E-state index contributed by atoms with van der Waals surface area (Å²) in [6.07, 6.45) is 9.93. The van der Waals surface area contributed by atoms with Gasteiger partial charge in [-0.15, -0.1) is 0 Å². The van der Waals surface area contributed by atoms with Crippen molar-refractivity contribution in [2.45, 2.75) is 32.1 Å². The Morgan fingerprint density at radius 1 is 1.44 bits per heavy atom. The first-order valence-electron chi connectivity index (χ1n) is 5.85. The van der Waals surface area contributed by atoms with Gasteiger partial charge in [-0.1, -0.05) is 19.3 Å². The number of furan rings is 1. The molecule has 0 unspecified atom stereocenters. The van der Waals surface area contributed by atoms with E-state index in [9.17, 15) is 5.11 Å². The molecule has 0 atom stereocenters. The first-order valence-corrected chi connectivity index (χ1v) is 6.65. The zero-order valence-corrected chi connectivity index (χ0v) is 10.9. The van der Waals surface area contributed by atoms with Crippen LogP contribution in [-0.2, 0) is 0 Å². The summed E-state index contributed by atoms with van der Waals surface area (Å²) in [5, 5.41) is 9.44. The van der Waals surface area contributed by atoms with Crippen LogP contribution in [-0.4, -0.2) is 11.7 Å². The Balaban J connectivity index is 2.14. The van der Waals surface area contributed by atoms with Crippen LogP contribution in [0.4, 0.5) is 0 Å². The number of aliphatic hydroxyl groups is 1. The highest BCUT2D eigenvalue weighted by Crippen LogP contribution is 2.31. The predicted molar refractivity (Wildman–Crippen MR) is 68.0 cm³/mol. The smallest absolute Gasteiger partial charge is 0.140 e. The van der Waals surface area contributed by atoms with Gasteiger partial charge in [-0.3, -0.25) is 0 Å². The molecule has 2 nitrogen and oxygen atoms in total. The van der Waals surface area contributed by atoms with Crippen molar-refractivity contribution < 1.29 is 9.52 Å². The highest BCUT2D eigenvalue weighted by molar-refractivity contribution is 9.10. The lowest BCUT2D eigenvalue weighted by molar-refractivity contribution is 0.294. The summed E-state index contributed by atoms with van der Waals surface area (Å²) < 4.78 is 6.31. The summed E-state index contributed by atoms with van der Waals surface area (Å²) in [6, 6.07) is 1.88. The Hall–Kier alpha value is -0.540. The lowest BCUT2D eigenvalue weighted by Gasteiger charge is -2.23. The van der Waals surface area contributed by atoms with Crippen LogP contribution in [0.5, 0.6) is 0 Å². The van der Waals surface area contributed by atoms with E-state index in [0.717, 1.165) is 15.8 Å². The van der Waals surface area contributed by atoms with Gasteiger partial charge >= 0.3 is 0 Å². The Bertz CT molecular complexity index is 362. The van der Waals surface area contributed by atoms with E-state index in [1.54, 1.807) is 6.26 Å². The quantitative estimate of drug-likeness (QED) is 0.910. The predicted octanol–water partition coefficient (Wildman–Crippen LogP) is 4.00. The topological polar surface area (TPSA) is 33.4 Å². The van der Waals surface area contributed by atoms with Crippen LogP contribution in [0.1, 0.15) is 37.9 Å². The minimum absolute atomic E-state index is 0.137. The van der Waals surface area contributed by atoms with E-state index in [2.05, 4.69) is 15.9 Å². The largest absolute Gasteiger partial charge is 0.464 e. The molecule has 2 rings (SSSR count). The Morgan fingerprint density at radius 3 is 2.75 bits per heavy atom. The van der Waals surface area contributed by atoms with Crippen molar-refractivity contribution in [2.24, 2.45) is 5.92 Å². The molecular formula is C13H17BrO2. The second kappa shape index (κ2) is 5.69. The summed E-state index contributed by atoms with van der Waals surface area (Å²) >= 11 is 3.43. The van der Waals surface area contributed by atoms with E-state index in [4.69, 9.17) is 4.42 Å². The molecule has 3 heteroatoms. The molecule has 1 aliphatic carbocycles. The number of rotatable bonds is 3. The number of aliphatic hydroxyl groups excluding tert-OH is 1. The van der Waals surface area contributed by atoms with Gasteiger partial charge in [-0.05, 0) is 52.4 Å². The van der Waals surface area contributed by atoms with Crippen molar-refractivity contribution in [3.8, 4) is 0 Å². The average Bonchev–Trinajstić information content (AvgIpc) is 2.73. The molecule has 0 spiro atoms. The molecule has 16 heavy (non-hydrogen) atoms. The fourth-order valence-electron chi connectivity index (χ4n) is 2.34. The van der Waals surface area contributed by atoms with Gasteiger partial charge in [0.05, 0.1) is 17.3 Å². The first kappa shape index (κ1) is 11.9. The molecular weight excluding hydrogens is 268 g/mol. The van der Waals surface area contributed by atoms with E-state index >= 15 is 0 Å². The molecule has 1 fully saturated rings. The summed E-state index contributed by atoms with van der Waals surface area (Å²) in [6.45, 7) is 0.137. The molecule has 0 amide bonds. The maximum atomic E-state index is 9.44. The lowest BCUT2D eigenvalue weighted by Crippen LogP contribution is -2.11. The van der Waals surface area contributed by atoms with Crippen LogP contribution in [0.2, 0.25) is 0 Å². The fourth-order valence-corrected chi connectivity index (χ4v) is 2.66. The third-order valence-corrected chi connectivity index (χ3v) is 3.93. The van der Waals surface area contributed by atoms with Gasteiger partial charge in [-0.25, -0.2) is 0 Å². The van der Waals surface area contributed by atoms with Gasteiger partial charge in [0, 0.05) is 0 Å². The summed E-state index contributed by atoms with van der Waals surface area (Å²) in [5.74, 6) is 1.35. The van der Waals surface area contributed by atoms with Crippen molar-refractivity contribution in [1.82, 2.24) is 0 Å². The van der Waals surface area contributed by atoms with Crippen molar-refractivity contribution in [1.29, 1.82) is 0 Å². The van der Waals surface area contributed by atoms with Crippen molar-refractivity contribution in [3.63, 3.8) is 0 Å². The zero-order valence-electron chi connectivity index (χ0n) is 9.29. The lowest BCUT2D eigenvalue weighted by atomic mass is 9.83. The SMILES string of the molecule is OC/C(=C/c1occc1Br)C1CCCCC1. The summed E-state index contributed by atoms with van der Waals surface area (Å²) in [7, 11) is 0. The van der Waals surface area contributed by atoms with Crippen LogP contribution in [0, 0.1) is 5.92 Å². The minimum atomic E-state index is 0.137. The number of hydrogen-bond acceptors (Lipinski definition) is 2. The van der Waals surface area contributed by atoms with E-state index in [1.165, 1.54) is 32.1 Å². The second-order valence-corrected chi connectivity index (χ2v) is 5.20. The molecule has 1 aromatic rings. The monoisotopic (exact) mass is 284 g/mol. The molecule has 1 aromatic heterocycles. The Kier molecular flexibility index (Phi) is 4.24. The van der Waals surface area contributed by atoms with E-state index in [-0.39, 0.29) is 6.61 Å². The molecule has 1 heterocycles. The van der Waals surface area contributed by atoms with E-state index < -0.39 is 0 Å². The van der Waals surface area contributed by atoms with Crippen molar-refractivity contribution in [3.05, 3.63) is 28.1 Å². The van der Waals surface area contributed by atoms with Gasteiger partial charge in [0.2, 0.25) is 0 Å². The van der Waals surface area contributed by atoms with Gasteiger partial charge in [-0.2, -0.15) is 0 Å². The molecule has 0 aromatic carbocycles. The number of halogens is 1. The summed E-state index contributed by atoms with van der Waals surface area (Å²) in [5.41, 5.74) is 1.11. The average molecular weight is 285 g/mol. The van der Waals surface area contributed by atoms with E-state index in [1.807, 2.05) is 12.1 Å². The number of hydrogen-bond donors (Lipinski definition) is 1. The van der Waals surface area contributed by atoms with E-state index in [0.29, 0.717) is 5.92 Å². The third kappa shape index (κ3) is 2.77. The Labute approximate surface area is 104 Å². The standard InChI is InChI=1S/C13H17BrO2/c14-12-6-7-16-13(12)8-11(9-15)10-4-2-1-3-5-10/h6-8,10,15H,1-5,9H2/b11-8-. The van der Waals surface area contributed by atoms with Crippen molar-refractivity contribution in [2.75, 3.05) is 6.61 Å². The molecule has 0 bridgehead atoms. The Morgan fingerprint density at radius 2 is 2.19 bits per heavy atom. The fraction of sp³-hybridized carbons (Fsp3) is 0.538. The normalized spacial score (nSPS) is 19.0. The van der Waals surface area contributed by atoms with Gasteiger partial charge < -0.3 is 9.52 Å². The molecule has 0 saturated heterocycles. The van der Waals surface area contributed by atoms with Crippen LogP contribution >= 0.6 is 15.9 Å². The van der Waals surface area contributed by atoms with Crippen LogP contribution in [0.25, 0.3) is 6.08 Å². The second-order valence-electron chi connectivity index (χ2n) is 4.35. The minimum Gasteiger partial charge on any atom is -0.464 e. The van der Waals surface area contributed by atoms with Gasteiger partial charge in [0.1, 0.15) is 5.76 Å². The highest BCUT2D eigenvalue weighted by atomic mass is 79.9. The molecule has 1 N–H and O–H groups in total. The highest BCUT2D eigenvalue weighted by Gasteiger charge is 2.17. The summed E-state index contributed by atoms with van der Waals surface area (Å²) in [4.78, 5) is 0. The van der Waals surface area contributed by atoms with Crippen LogP contribution < -0.4 is 0 Å². The maximum absolute atomic E-state index is 9.44. The third-order valence-electron chi connectivity index (χ3n) is 3.27. The molecule has 0 aliphatic heterocycles. The molecule has 88 valence electrons. The van der Waals surface area contributed by atoms with Gasteiger partial charge in [0.25, 0.3) is 0 Å². The van der Waals surface area contributed by atoms with Crippen LogP contribution in [0.15, 0.2) is 26.8 Å².